The lowest BCUT2D eigenvalue weighted by atomic mass is 10.0. The standard InChI is InChI=1S/C23H19F4N3/c24-19-12-16(11-18(13-19)23(25,26)27)15-29-9-3-4-10-30(29)22-8-7-17(14-28)20-5-1-2-6-21(20)22/h1-2,5-8,11-13H,3-4,9-10,15H2. The van der Waals surface area contributed by atoms with E-state index in [-0.39, 0.29) is 12.1 Å². The molecule has 3 nitrogen and oxygen atoms in total. The van der Waals surface area contributed by atoms with Crippen LogP contribution in [0.2, 0.25) is 0 Å². The predicted molar refractivity (Wildman–Crippen MR) is 107 cm³/mol. The van der Waals surface area contributed by atoms with Crippen molar-refractivity contribution in [2.45, 2.75) is 25.6 Å². The van der Waals surface area contributed by atoms with Crippen molar-refractivity contribution in [3.8, 4) is 6.07 Å². The maximum atomic E-state index is 13.9. The van der Waals surface area contributed by atoms with Gasteiger partial charge in [-0.15, -0.1) is 0 Å². The van der Waals surface area contributed by atoms with Crippen LogP contribution in [0, 0.1) is 17.1 Å². The van der Waals surface area contributed by atoms with E-state index < -0.39 is 17.6 Å². The Bertz CT molecular complexity index is 1120. The summed E-state index contributed by atoms with van der Waals surface area (Å²) >= 11 is 0. The molecule has 0 N–H and O–H groups in total. The number of nitriles is 1. The molecule has 3 aromatic carbocycles. The molecule has 0 bridgehead atoms. The number of halogens is 4. The normalized spacial score (nSPS) is 15.4. The highest BCUT2D eigenvalue weighted by Crippen LogP contribution is 2.34. The highest BCUT2D eigenvalue weighted by atomic mass is 19.4. The molecule has 0 aromatic heterocycles. The van der Waals surface area contributed by atoms with Crippen LogP contribution in [0.4, 0.5) is 23.2 Å². The Kier molecular flexibility index (Phi) is 5.35. The minimum atomic E-state index is -4.60. The van der Waals surface area contributed by atoms with Crippen LogP contribution >= 0.6 is 0 Å². The van der Waals surface area contributed by atoms with Gasteiger partial charge in [0, 0.05) is 30.4 Å². The van der Waals surface area contributed by atoms with Crippen LogP contribution in [0.5, 0.6) is 0 Å². The number of benzene rings is 3. The second kappa shape index (κ2) is 7.96. The summed E-state index contributed by atoms with van der Waals surface area (Å²) in [6, 6.07) is 16.1. The second-order valence-corrected chi connectivity index (χ2v) is 7.35. The first-order valence-electron chi connectivity index (χ1n) is 9.68. The van der Waals surface area contributed by atoms with Crippen molar-refractivity contribution < 1.29 is 17.6 Å². The van der Waals surface area contributed by atoms with Gasteiger partial charge in [0.25, 0.3) is 0 Å². The number of nitrogens with zero attached hydrogens (tertiary/aromatic N) is 3. The Morgan fingerprint density at radius 1 is 0.933 bits per heavy atom. The molecule has 4 rings (SSSR count). The fraction of sp³-hybridized carbons (Fsp3) is 0.261. The van der Waals surface area contributed by atoms with Crippen molar-refractivity contribution in [1.82, 2.24) is 5.01 Å². The second-order valence-electron chi connectivity index (χ2n) is 7.35. The lowest BCUT2D eigenvalue weighted by Crippen LogP contribution is -2.47. The third kappa shape index (κ3) is 3.96. The summed E-state index contributed by atoms with van der Waals surface area (Å²) in [5, 5.41) is 15.1. The molecule has 0 aliphatic carbocycles. The lowest BCUT2D eigenvalue weighted by molar-refractivity contribution is -0.137. The molecule has 1 fully saturated rings. The van der Waals surface area contributed by atoms with Gasteiger partial charge in [0.15, 0.2) is 0 Å². The number of rotatable bonds is 3. The van der Waals surface area contributed by atoms with Crippen molar-refractivity contribution in [3.63, 3.8) is 0 Å². The van der Waals surface area contributed by atoms with Gasteiger partial charge >= 0.3 is 6.18 Å². The molecule has 30 heavy (non-hydrogen) atoms. The van der Waals surface area contributed by atoms with E-state index in [1.54, 1.807) is 6.07 Å². The van der Waals surface area contributed by atoms with E-state index in [2.05, 4.69) is 6.07 Å². The molecule has 0 spiro atoms. The number of alkyl halides is 3. The van der Waals surface area contributed by atoms with Crippen LogP contribution in [0.25, 0.3) is 10.8 Å². The summed E-state index contributed by atoms with van der Waals surface area (Å²) in [4.78, 5) is 0. The Morgan fingerprint density at radius 3 is 2.40 bits per heavy atom. The Balaban J connectivity index is 1.71. The Morgan fingerprint density at radius 2 is 1.67 bits per heavy atom. The van der Waals surface area contributed by atoms with Crippen LogP contribution in [0.1, 0.15) is 29.5 Å². The fourth-order valence-corrected chi connectivity index (χ4v) is 3.98. The number of hydrazine groups is 1. The molecule has 0 atom stereocenters. The van der Waals surface area contributed by atoms with Gasteiger partial charge in [0.1, 0.15) is 5.82 Å². The van der Waals surface area contributed by atoms with Crippen LogP contribution in [-0.4, -0.2) is 18.1 Å². The van der Waals surface area contributed by atoms with E-state index in [1.165, 1.54) is 0 Å². The fourth-order valence-electron chi connectivity index (χ4n) is 3.98. The van der Waals surface area contributed by atoms with Crippen molar-refractivity contribution in [3.05, 3.63) is 77.1 Å². The smallest absolute Gasteiger partial charge is 0.305 e. The molecule has 1 heterocycles. The molecule has 3 aromatic rings. The quantitative estimate of drug-likeness (QED) is 0.502. The molecule has 1 aliphatic rings. The molecule has 0 amide bonds. The minimum Gasteiger partial charge on any atom is -0.305 e. The van der Waals surface area contributed by atoms with Crippen molar-refractivity contribution in [1.29, 1.82) is 5.26 Å². The van der Waals surface area contributed by atoms with E-state index in [0.29, 0.717) is 24.7 Å². The molecule has 1 aliphatic heterocycles. The third-order valence-corrected chi connectivity index (χ3v) is 5.33. The Hall–Kier alpha value is -3.11. The van der Waals surface area contributed by atoms with E-state index >= 15 is 0 Å². The van der Waals surface area contributed by atoms with Gasteiger partial charge < -0.3 is 5.01 Å². The molecule has 1 saturated heterocycles. The molecular formula is C23H19F4N3. The summed E-state index contributed by atoms with van der Waals surface area (Å²) in [5.74, 6) is -0.896. The molecule has 154 valence electrons. The highest BCUT2D eigenvalue weighted by molar-refractivity contribution is 5.97. The third-order valence-electron chi connectivity index (χ3n) is 5.33. The van der Waals surface area contributed by atoms with Gasteiger partial charge in [-0.3, -0.25) is 0 Å². The van der Waals surface area contributed by atoms with Gasteiger partial charge in [-0.25, -0.2) is 9.40 Å². The summed E-state index contributed by atoms with van der Waals surface area (Å²) in [7, 11) is 0. The number of hydrogen-bond acceptors (Lipinski definition) is 3. The SMILES string of the molecule is N#Cc1ccc(N2CCCCN2Cc2cc(F)cc(C(F)(F)F)c2)c2ccccc12. The van der Waals surface area contributed by atoms with Gasteiger partial charge in [-0.2, -0.15) is 18.4 Å². The molecular weight excluding hydrogens is 394 g/mol. The lowest BCUT2D eigenvalue weighted by Gasteiger charge is -2.41. The van der Waals surface area contributed by atoms with E-state index in [4.69, 9.17) is 0 Å². The average Bonchev–Trinajstić information content (AvgIpc) is 2.72. The first kappa shape index (κ1) is 20.2. The predicted octanol–water partition coefficient (Wildman–Crippen LogP) is 5.89. The zero-order valence-corrected chi connectivity index (χ0v) is 16.1. The highest BCUT2D eigenvalue weighted by Gasteiger charge is 2.32. The maximum absolute atomic E-state index is 13.9. The summed E-state index contributed by atoms with van der Waals surface area (Å²) in [6.45, 7) is 1.50. The number of hydrogen-bond donors (Lipinski definition) is 0. The minimum absolute atomic E-state index is 0.162. The summed E-state index contributed by atoms with van der Waals surface area (Å²) in [5.41, 5.74) is 0.742. The van der Waals surface area contributed by atoms with Crippen molar-refractivity contribution >= 4 is 16.5 Å². The zero-order valence-electron chi connectivity index (χ0n) is 16.1. The molecule has 0 saturated carbocycles. The maximum Gasteiger partial charge on any atom is 0.416 e. The van der Waals surface area contributed by atoms with E-state index in [0.717, 1.165) is 41.4 Å². The average molecular weight is 413 g/mol. The van der Waals surface area contributed by atoms with Gasteiger partial charge in [0.05, 0.1) is 22.9 Å². The largest absolute Gasteiger partial charge is 0.416 e. The van der Waals surface area contributed by atoms with Gasteiger partial charge in [-0.05, 0) is 48.7 Å². The number of anilines is 1. The number of fused-ring (bicyclic) bond motifs is 1. The van der Waals surface area contributed by atoms with Crippen LogP contribution in [-0.2, 0) is 12.7 Å². The molecule has 7 heteroatoms. The first-order chi connectivity index (χ1) is 14.4. The summed E-state index contributed by atoms with van der Waals surface area (Å²) in [6.07, 6.45) is -2.77. The van der Waals surface area contributed by atoms with Crippen LogP contribution in [0.15, 0.2) is 54.6 Å². The zero-order chi connectivity index (χ0) is 21.3. The van der Waals surface area contributed by atoms with E-state index in [1.807, 2.05) is 40.3 Å². The van der Waals surface area contributed by atoms with Crippen molar-refractivity contribution in [2.24, 2.45) is 0 Å². The first-order valence-corrected chi connectivity index (χ1v) is 9.68. The van der Waals surface area contributed by atoms with Crippen LogP contribution < -0.4 is 5.01 Å². The monoisotopic (exact) mass is 413 g/mol. The van der Waals surface area contributed by atoms with Crippen LogP contribution in [0.3, 0.4) is 0 Å². The van der Waals surface area contributed by atoms with Gasteiger partial charge in [-0.1, -0.05) is 24.3 Å². The molecule has 0 unspecified atom stereocenters. The van der Waals surface area contributed by atoms with Gasteiger partial charge in [0.2, 0.25) is 0 Å². The summed E-state index contributed by atoms with van der Waals surface area (Å²) < 4.78 is 53.2. The topological polar surface area (TPSA) is 30.3 Å². The Labute approximate surface area is 171 Å². The van der Waals surface area contributed by atoms with E-state index in [9.17, 15) is 22.8 Å². The molecule has 0 radical (unpaired) electrons. The van der Waals surface area contributed by atoms with Crippen molar-refractivity contribution in [2.75, 3.05) is 18.1 Å².